The summed E-state index contributed by atoms with van der Waals surface area (Å²) in [6, 6.07) is 13.2. The number of hydrogen-bond acceptors (Lipinski definition) is 2. The summed E-state index contributed by atoms with van der Waals surface area (Å²) >= 11 is 0. The Morgan fingerprint density at radius 2 is 2.00 bits per heavy atom. The summed E-state index contributed by atoms with van der Waals surface area (Å²) in [6.07, 6.45) is 6.13. The van der Waals surface area contributed by atoms with E-state index in [0.717, 1.165) is 43.6 Å². The number of hydrogen-bond donors (Lipinski definition) is 0. The Balaban J connectivity index is 1.61. The van der Waals surface area contributed by atoms with Gasteiger partial charge in [0.1, 0.15) is 0 Å². The van der Waals surface area contributed by atoms with E-state index < -0.39 is 0 Å². The minimum Gasteiger partial charge on any atom is -0.340 e. The first-order chi connectivity index (χ1) is 12.5. The highest BCUT2D eigenvalue weighted by Crippen LogP contribution is 2.24. The van der Waals surface area contributed by atoms with Crippen molar-refractivity contribution >= 4 is 5.91 Å². The van der Waals surface area contributed by atoms with E-state index in [1.54, 1.807) is 0 Å². The fraction of sp³-hybridized carbons (Fsp3) is 0.545. The predicted octanol–water partition coefficient (Wildman–Crippen LogP) is 4.46. The van der Waals surface area contributed by atoms with Crippen molar-refractivity contribution in [3.8, 4) is 0 Å². The molecule has 1 fully saturated rings. The molecule has 1 aliphatic heterocycles. The van der Waals surface area contributed by atoms with Crippen LogP contribution in [0.2, 0.25) is 0 Å². The van der Waals surface area contributed by atoms with Crippen molar-refractivity contribution in [1.82, 2.24) is 14.7 Å². The SMILES string of the molecule is Cc1cc(C)n([C@@H](C)CC(=O)N2CCCC[C@H]2CCc2ccccc2)n1. The number of piperidine rings is 1. The number of aromatic nitrogens is 2. The first-order valence-electron chi connectivity index (χ1n) is 9.90. The van der Waals surface area contributed by atoms with Gasteiger partial charge in [0.25, 0.3) is 0 Å². The van der Waals surface area contributed by atoms with Crippen molar-refractivity contribution < 1.29 is 4.79 Å². The van der Waals surface area contributed by atoms with E-state index in [4.69, 9.17) is 0 Å². The van der Waals surface area contributed by atoms with Crippen LogP contribution in [0.3, 0.4) is 0 Å². The van der Waals surface area contributed by atoms with Crippen LogP contribution in [0.25, 0.3) is 0 Å². The van der Waals surface area contributed by atoms with Crippen molar-refractivity contribution in [2.75, 3.05) is 6.54 Å². The molecule has 4 nitrogen and oxygen atoms in total. The normalized spacial score (nSPS) is 18.7. The number of rotatable bonds is 6. The van der Waals surface area contributed by atoms with Crippen molar-refractivity contribution in [2.24, 2.45) is 0 Å². The van der Waals surface area contributed by atoms with Gasteiger partial charge in [-0.3, -0.25) is 9.48 Å². The molecule has 1 saturated heterocycles. The zero-order valence-electron chi connectivity index (χ0n) is 16.3. The number of carbonyl (C=O) groups is 1. The smallest absolute Gasteiger partial charge is 0.224 e. The third-order valence-corrected chi connectivity index (χ3v) is 5.49. The van der Waals surface area contributed by atoms with Crippen LogP contribution in [0.1, 0.15) is 62.0 Å². The molecule has 0 spiro atoms. The molecular weight excluding hydrogens is 322 g/mol. The van der Waals surface area contributed by atoms with Crippen LogP contribution >= 0.6 is 0 Å². The Kier molecular flexibility index (Phi) is 6.12. The average molecular weight is 354 g/mol. The van der Waals surface area contributed by atoms with E-state index in [9.17, 15) is 4.79 Å². The Morgan fingerprint density at radius 1 is 1.23 bits per heavy atom. The molecule has 0 aliphatic carbocycles. The standard InChI is InChI=1S/C22H31N3O/c1-17-15-18(2)25(23-17)19(3)16-22(26)24-14-8-7-11-21(24)13-12-20-9-5-4-6-10-20/h4-6,9-10,15,19,21H,7-8,11-14,16H2,1-3H3/t19-,21-/m0/s1. The maximum Gasteiger partial charge on any atom is 0.224 e. The predicted molar refractivity (Wildman–Crippen MR) is 105 cm³/mol. The minimum absolute atomic E-state index is 0.105. The van der Waals surface area contributed by atoms with E-state index in [1.807, 2.05) is 11.6 Å². The van der Waals surface area contributed by atoms with Crippen LogP contribution in [0, 0.1) is 13.8 Å². The molecular formula is C22H31N3O. The molecule has 0 unspecified atom stereocenters. The fourth-order valence-electron chi connectivity index (χ4n) is 4.16. The van der Waals surface area contributed by atoms with Gasteiger partial charge in [-0.15, -0.1) is 0 Å². The van der Waals surface area contributed by atoms with Gasteiger partial charge in [-0.05, 0) is 64.5 Å². The van der Waals surface area contributed by atoms with Gasteiger partial charge in [0.05, 0.1) is 11.7 Å². The quantitative estimate of drug-likeness (QED) is 0.769. The highest BCUT2D eigenvalue weighted by Gasteiger charge is 2.27. The number of amides is 1. The number of likely N-dealkylation sites (tertiary alicyclic amines) is 1. The van der Waals surface area contributed by atoms with Crippen LogP contribution in [0.4, 0.5) is 0 Å². The van der Waals surface area contributed by atoms with Gasteiger partial charge in [-0.25, -0.2) is 0 Å². The van der Waals surface area contributed by atoms with Crippen LogP contribution in [-0.4, -0.2) is 33.2 Å². The third kappa shape index (κ3) is 4.54. The summed E-state index contributed by atoms with van der Waals surface area (Å²) in [6.45, 7) is 7.06. The fourth-order valence-corrected chi connectivity index (χ4v) is 4.16. The molecule has 2 atom stereocenters. The lowest BCUT2D eigenvalue weighted by molar-refractivity contribution is -0.135. The molecule has 1 aromatic heterocycles. The molecule has 4 heteroatoms. The van der Waals surface area contributed by atoms with Gasteiger partial charge >= 0.3 is 0 Å². The Morgan fingerprint density at radius 3 is 2.69 bits per heavy atom. The molecule has 140 valence electrons. The van der Waals surface area contributed by atoms with Crippen molar-refractivity contribution in [1.29, 1.82) is 0 Å². The summed E-state index contributed by atoms with van der Waals surface area (Å²) in [4.78, 5) is 15.2. The van der Waals surface area contributed by atoms with Gasteiger partial charge in [0, 0.05) is 24.7 Å². The maximum absolute atomic E-state index is 13.0. The molecule has 0 N–H and O–H groups in total. The number of benzene rings is 1. The summed E-state index contributed by atoms with van der Waals surface area (Å²) in [7, 11) is 0. The monoisotopic (exact) mass is 353 g/mol. The second-order valence-corrected chi connectivity index (χ2v) is 7.69. The lowest BCUT2D eigenvalue weighted by Crippen LogP contribution is -2.44. The summed E-state index contributed by atoms with van der Waals surface area (Å²) in [5.74, 6) is 0.280. The van der Waals surface area contributed by atoms with Crippen LogP contribution in [-0.2, 0) is 11.2 Å². The minimum atomic E-state index is 0.105. The summed E-state index contributed by atoms with van der Waals surface area (Å²) in [5, 5.41) is 4.55. The van der Waals surface area contributed by atoms with E-state index in [2.05, 4.69) is 60.2 Å². The van der Waals surface area contributed by atoms with Gasteiger partial charge in [-0.1, -0.05) is 30.3 Å². The second kappa shape index (κ2) is 8.52. The molecule has 26 heavy (non-hydrogen) atoms. The van der Waals surface area contributed by atoms with Crippen molar-refractivity contribution in [3.05, 3.63) is 53.3 Å². The van der Waals surface area contributed by atoms with Crippen LogP contribution in [0.15, 0.2) is 36.4 Å². The highest BCUT2D eigenvalue weighted by molar-refractivity contribution is 5.77. The lowest BCUT2D eigenvalue weighted by atomic mass is 9.95. The van der Waals surface area contributed by atoms with Crippen LogP contribution < -0.4 is 0 Å². The molecule has 0 radical (unpaired) electrons. The molecule has 2 aromatic rings. The lowest BCUT2D eigenvalue weighted by Gasteiger charge is -2.36. The molecule has 3 rings (SSSR count). The molecule has 0 saturated carbocycles. The Labute approximate surface area is 157 Å². The van der Waals surface area contributed by atoms with Crippen molar-refractivity contribution in [2.45, 2.75) is 71.4 Å². The zero-order chi connectivity index (χ0) is 18.5. The van der Waals surface area contributed by atoms with E-state index in [1.165, 1.54) is 12.0 Å². The molecule has 0 bridgehead atoms. The molecule has 1 amide bonds. The topological polar surface area (TPSA) is 38.1 Å². The van der Waals surface area contributed by atoms with Gasteiger partial charge < -0.3 is 4.90 Å². The van der Waals surface area contributed by atoms with Gasteiger partial charge in [0.15, 0.2) is 0 Å². The first-order valence-corrected chi connectivity index (χ1v) is 9.90. The molecule has 1 aromatic carbocycles. The number of aryl methyl sites for hydroxylation is 3. The zero-order valence-corrected chi connectivity index (χ0v) is 16.3. The Bertz CT molecular complexity index is 722. The van der Waals surface area contributed by atoms with E-state index >= 15 is 0 Å². The van der Waals surface area contributed by atoms with Crippen molar-refractivity contribution in [3.63, 3.8) is 0 Å². The highest BCUT2D eigenvalue weighted by atomic mass is 16.2. The van der Waals surface area contributed by atoms with E-state index in [0.29, 0.717) is 12.5 Å². The first kappa shape index (κ1) is 18.7. The van der Waals surface area contributed by atoms with Crippen LogP contribution in [0.5, 0.6) is 0 Å². The molecule has 2 heterocycles. The molecule has 1 aliphatic rings. The third-order valence-electron chi connectivity index (χ3n) is 5.49. The largest absolute Gasteiger partial charge is 0.340 e. The summed E-state index contributed by atoms with van der Waals surface area (Å²) in [5.41, 5.74) is 3.50. The Hall–Kier alpha value is -2.10. The number of carbonyl (C=O) groups excluding carboxylic acids is 1. The second-order valence-electron chi connectivity index (χ2n) is 7.69. The van der Waals surface area contributed by atoms with E-state index in [-0.39, 0.29) is 11.9 Å². The maximum atomic E-state index is 13.0. The van der Waals surface area contributed by atoms with Gasteiger partial charge in [-0.2, -0.15) is 5.10 Å². The summed E-state index contributed by atoms with van der Waals surface area (Å²) < 4.78 is 2.00. The average Bonchev–Trinajstić information content (AvgIpc) is 2.99. The number of nitrogens with zero attached hydrogens (tertiary/aromatic N) is 3. The van der Waals surface area contributed by atoms with Gasteiger partial charge in [0.2, 0.25) is 5.91 Å².